The van der Waals surface area contributed by atoms with Crippen molar-refractivity contribution in [3.63, 3.8) is 0 Å². The van der Waals surface area contributed by atoms with Crippen LogP contribution in [0.4, 0.5) is 11.4 Å². The first-order valence-electron chi connectivity index (χ1n) is 8.19. The first-order valence-corrected chi connectivity index (χ1v) is 9.63. The van der Waals surface area contributed by atoms with Crippen LogP contribution < -0.4 is 9.62 Å². The summed E-state index contributed by atoms with van der Waals surface area (Å²) in [6.45, 7) is 8.12. The second-order valence-electron chi connectivity index (χ2n) is 7.19. The number of anilines is 2. The van der Waals surface area contributed by atoms with Crippen molar-refractivity contribution in [1.29, 1.82) is 0 Å². The Kier molecular flexibility index (Phi) is 4.08. The van der Waals surface area contributed by atoms with Crippen molar-refractivity contribution in [2.24, 2.45) is 0 Å². The summed E-state index contributed by atoms with van der Waals surface area (Å²) in [4.78, 5) is 0.328. The second-order valence-corrected chi connectivity index (χ2v) is 9.01. The number of sulfonamides is 1. The summed E-state index contributed by atoms with van der Waals surface area (Å²) >= 11 is 0. The molecule has 1 atom stereocenters. The highest BCUT2D eigenvalue weighted by Gasteiger charge is 2.37. The van der Waals surface area contributed by atoms with E-state index in [1.54, 1.807) is 16.4 Å². The minimum absolute atomic E-state index is 0.151. The van der Waals surface area contributed by atoms with Gasteiger partial charge in [0, 0.05) is 11.6 Å². The third kappa shape index (κ3) is 3.00. The molecule has 1 aliphatic rings. The summed E-state index contributed by atoms with van der Waals surface area (Å²) in [6, 6.07) is 14.5. The minimum Gasteiger partial charge on any atom is -0.378 e. The first-order chi connectivity index (χ1) is 11.2. The zero-order valence-corrected chi connectivity index (χ0v) is 15.4. The Balaban J connectivity index is 2.16. The number of aryl methyl sites for hydroxylation is 1. The summed E-state index contributed by atoms with van der Waals surface area (Å²) in [7, 11) is -3.62. The quantitative estimate of drug-likeness (QED) is 0.889. The Labute approximate surface area is 144 Å². The smallest absolute Gasteiger partial charge is 0.264 e. The fourth-order valence-electron chi connectivity index (χ4n) is 3.44. The van der Waals surface area contributed by atoms with Crippen molar-refractivity contribution in [3.8, 4) is 0 Å². The van der Waals surface area contributed by atoms with Gasteiger partial charge in [-0.15, -0.1) is 0 Å². The average molecular weight is 344 g/mol. The van der Waals surface area contributed by atoms with Crippen molar-refractivity contribution in [1.82, 2.24) is 0 Å². The van der Waals surface area contributed by atoms with Crippen molar-refractivity contribution >= 4 is 21.4 Å². The van der Waals surface area contributed by atoms with E-state index >= 15 is 0 Å². The number of fused-ring (bicyclic) bond motifs is 1. The third-order valence-electron chi connectivity index (χ3n) is 4.40. The van der Waals surface area contributed by atoms with Gasteiger partial charge in [-0.1, -0.05) is 29.8 Å². The maximum atomic E-state index is 13.3. The molecule has 1 N–H and O–H groups in total. The van der Waals surface area contributed by atoms with E-state index in [1.807, 2.05) is 50.2 Å². The number of hydrogen-bond acceptors (Lipinski definition) is 3. The van der Waals surface area contributed by atoms with Gasteiger partial charge >= 0.3 is 0 Å². The van der Waals surface area contributed by atoms with Gasteiger partial charge in [0.1, 0.15) is 0 Å². The van der Waals surface area contributed by atoms with Crippen LogP contribution >= 0.6 is 0 Å². The molecule has 0 radical (unpaired) electrons. The largest absolute Gasteiger partial charge is 0.378 e. The van der Waals surface area contributed by atoms with Gasteiger partial charge in [0.05, 0.1) is 16.3 Å². The maximum Gasteiger partial charge on any atom is 0.264 e. The summed E-state index contributed by atoms with van der Waals surface area (Å²) in [5.41, 5.74) is 2.41. The van der Waals surface area contributed by atoms with E-state index in [0.29, 0.717) is 17.0 Å². The topological polar surface area (TPSA) is 49.4 Å². The molecule has 0 bridgehead atoms. The molecular weight excluding hydrogens is 320 g/mol. The maximum absolute atomic E-state index is 13.3. The van der Waals surface area contributed by atoms with Gasteiger partial charge in [-0.25, -0.2) is 8.42 Å². The van der Waals surface area contributed by atoms with Gasteiger partial charge in [-0.2, -0.15) is 0 Å². The molecular formula is C19H24N2O2S. The molecule has 2 aromatic rings. The third-order valence-corrected chi connectivity index (χ3v) is 6.34. The van der Waals surface area contributed by atoms with Crippen LogP contribution in [0.15, 0.2) is 53.4 Å². The zero-order valence-electron chi connectivity index (χ0n) is 14.6. The molecule has 3 rings (SSSR count). The van der Waals surface area contributed by atoms with Crippen LogP contribution in [0.5, 0.6) is 0 Å². The Morgan fingerprint density at radius 1 is 1.08 bits per heavy atom. The van der Waals surface area contributed by atoms with Gasteiger partial charge in [0.25, 0.3) is 10.0 Å². The Hall–Kier alpha value is -2.01. The molecule has 2 aromatic carbocycles. The number of rotatable bonds is 2. The Bertz CT molecular complexity index is 842. The van der Waals surface area contributed by atoms with E-state index in [1.165, 1.54) is 0 Å². The highest BCUT2D eigenvalue weighted by atomic mass is 32.2. The second kappa shape index (κ2) is 5.81. The summed E-state index contributed by atoms with van der Waals surface area (Å²) in [6.07, 6.45) is 0.715. The fraction of sp³-hybridized carbons (Fsp3) is 0.368. The lowest BCUT2D eigenvalue weighted by molar-refractivity contribution is 0.475. The summed E-state index contributed by atoms with van der Waals surface area (Å²) in [5, 5.41) is 3.49. The normalized spacial score (nSPS) is 20.0. The van der Waals surface area contributed by atoms with Crippen molar-refractivity contribution < 1.29 is 8.42 Å². The van der Waals surface area contributed by atoms with Crippen LogP contribution in [0.2, 0.25) is 0 Å². The SMILES string of the molecule is Cc1ccc(S(=O)(=O)N2c3ccccc3NC(C)(C)C[C@H]2C)cc1. The molecule has 24 heavy (non-hydrogen) atoms. The molecule has 0 amide bonds. The Morgan fingerprint density at radius 2 is 1.71 bits per heavy atom. The molecule has 0 saturated heterocycles. The predicted octanol–water partition coefficient (Wildman–Crippen LogP) is 4.17. The number of hydrogen-bond donors (Lipinski definition) is 1. The lowest BCUT2D eigenvalue weighted by Gasteiger charge is -2.31. The number of para-hydroxylation sites is 2. The summed E-state index contributed by atoms with van der Waals surface area (Å²) in [5.74, 6) is 0. The highest BCUT2D eigenvalue weighted by molar-refractivity contribution is 7.92. The number of nitrogens with zero attached hydrogens (tertiary/aromatic N) is 1. The molecule has 0 aliphatic carbocycles. The fourth-order valence-corrected chi connectivity index (χ4v) is 5.11. The van der Waals surface area contributed by atoms with E-state index in [0.717, 1.165) is 11.3 Å². The first kappa shape index (κ1) is 16.8. The van der Waals surface area contributed by atoms with Crippen molar-refractivity contribution in [2.45, 2.75) is 50.6 Å². The molecule has 0 fully saturated rings. The van der Waals surface area contributed by atoms with Crippen LogP contribution in [-0.2, 0) is 10.0 Å². The van der Waals surface area contributed by atoms with Gasteiger partial charge in [-0.3, -0.25) is 4.31 Å². The van der Waals surface area contributed by atoms with Crippen molar-refractivity contribution in [3.05, 3.63) is 54.1 Å². The van der Waals surface area contributed by atoms with Crippen LogP contribution in [0, 0.1) is 6.92 Å². The minimum atomic E-state index is -3.62. The van der Waals surface area contributed by atoms with Crippen LogP contribution in [0.25, 0.3) is 0 Å². The monoisotopic (exact) mass is 344 g/mol. The lowest BCUT2D eigenvalue weighted by atomic mass is 9.97. The van der Waals surface area contributed by atoms with Crippen LogP contribution in [0.1, 0.15) is 32.8 Å². The van der Waals surface area contributed by atoms with Gasteiger partial charge < -0.3 is 5.32 Å². The van der Waals surface area contributed by atoms with Crippen LogP contribution in [0.3, 0.4) is 0 Å². The lowest BCUT2D eigenvalue weighted by Crippen LogP contribution is -2.41. The Morgan fingerprint density at radius 3 is 2.38 bits per heavy atom. The van der Waals surface area contributed by atoms with E-state index in [2.05, 4.69) is 19.2 Å². The molecule has 1 aliphatic heterocycles. The molecule has 1 heterocycles. The molecule has 4 nitrogen and oxygen atoms in total. The molecule has 0 saturated carbocycles. The van der Waals surface area contributed by atoms with Gasteiger partial charge in [-0.05, 0) is 58.4 Å². The standard InChI is InChI=1S/C19H24N2O2S/c1-14-9-11-16(12-10-14)24(22,23)21-15(2)13-19(3,4)20-17-7-5-6-8-18(17)21/h5-12,15,20H,13H2,1-4H3/t15-/m1/s1. The molecule has 0 aromatic heterocycles. The van der Waals surface area contributed by atoms with E-state index < -0.39 is 10.0 Å². The van der Waals surface area contributed by atoms with E-state index in [9.17, 15) is 8.42 Å². The molecule has 5 heteroatoms. The molecule has 0 spiro atoms. The molecule has 128 valence electrons. The van der Waals surface area contributed by atoms with E-state index in [-0.39, 0.29) is 11.6 Å². The van der Waals surface area contributed by atoms with Crippen LogP contribution in [-0.4, -0.2) is 20.0 Å². The van der Waals surface area contributed by atoms with Crippen molar-refractivity contribution in [2.75, 3.05) is 9.62 Å². The average Bonchev–Trinajstić information content (AvgIpc) is 2.58. The van der Waals surface area contributed by atoms with Gasteiger partial charge in [0.15, 0.2) is 0 Å². The number of nitrogens with one attached hydrogen (secondary N) is 1. The zero-order chi connectivity index (χ0) is 17.5. The van der Waals surface area contributed by atoms with E-state index in [4.69, 9.17) is 0 Å². The van der Waals surface area contributed by atoms with Gasteiger partial charge in [0.2, 0.25) is 0 Å². The highest BCUT2D eigenvalue weighted by Crippen LogP contribution is 2.39. The number of benzene rings is 2. The summed E-state index contributed by atoms with van der Waals surface area (Å²) < 4.78 is 28.2. The molecule has 0 unspecified atom stereocenters. The predicted molar refractivity (Wildman–Crippen MR) is 99.1 cm³/mol.